The molecule has 0 saturated heterocycles. The molecule has 0 aliphatic carbocycles. The molecule has 12 heteroatoms. The van der Waals surface area contributed by atoms with Gasteiger partial charge in [-0.1, -0.05) is 413 Å². The Kier molecular flexibility index (Phi) is 19.9. The van der Waals surface area contributed by atoms with Gasteiger partial charge in [0.05, 0.1) is 11.1 Å². The highest BCUT2D eigenvalue weighted by atomic mass is 32.1. The van der Waals surface area contributed by atoms with Crippen molar-refractivity contribution in [3.63, 3.8) is 0 Å². The predicted molar refractivity (Wildman–Crippen MR) is 584 cm³/mol. The van der Waals surface area contributed by atoms with Crippen molar-refractivity contribution in [3.8, 4) is 125 Å². The van der Waals surface area contributed by atoms with Crippen molar-refractivity contribution < 1.29 is 8.83 Å². The SMILES string of the molecule is c1ccc(-c2ccc(-c3nc(-c4ccc5c6ccccc6c6ccccc6c5c4)nc(-c4cccc5c4oc4ccccc45)n3)cc2)cc1.c1ccc(-c2ccc(-c3nc(-c4ccc5c6ccccc6c6ccccc6c5c4)nc(-c4cccc5c4sc4ccccc45)n3)cc2)cc1.c1ccc(-c2nc(-c3ccc4c5ccccc5c5ccccc5c4c3)nc(-c3cccc4c3oc3ccccc34)n2)cc1. The Labute approximate surface area is 812 Å². The van der Waals surface area contributed by atoms with Crippen molar-refractivity contribution in [1.29, 1.82) is 0 Å². The second-order valence-electron chi connectivity index (χ2n) is 35.6. The lowest BCUT2D eigenvalue weighted by Gasteiger charge is -2.13. The smallest absolute Gasteiger partial charge is 0.167 e. The summed E-state index contributed by atoms with van der Waals surface area (Å²) in [5, 5.41) is 28.7. The van der Waals surface area contributed by atoms with Gasteiger partial charge < -0.3 is 8.83 Å². The maximum absolute atomic E-state index is 6.44. The van der Waals surface area contributed by atoms with E-state index in [1.165, 1.54) is 128 Å². The van der Waals surface area contributed by atoms with E-state index in [1.54, 1.807) is 11.3 Å². The number of rotatable bonds is 11. The fourth-order valence-electron chi connectivity index (χ4n) is 20.6. The molecule has 6 aromatic heterocycles. The average Bonchev–Trinajstić information content (AvgIpc) is 1.72. The van der Waals surface area contributed by atoms with Crippen LogP contribution in [0.3, 0.4) is 0 Å². The third-order valence-corrected chi connectivity index (χ3v) is 28.6. The third kappa shape index (κ3) is 14.5. The van der Waals surface area contributed by atoms with Crippen LogP contribution in [0, 0.1) is 0 Å². The fourth-order valence-corrected chi connectivity index (χ4v) is 21.9. The Hall–Kier alpha value is -18.8. The first-order valence-electron chi connectivity index (χ1n) is 47.3. The molecular weight excluding hydrogens is 1740 g/mol. The highest BCUT2D eigenvalue weighted by Gasteiger charge is 2.25. The van der Waals surface area contributed by atoms with Crippen LogP contribution in [0.15, 0.2) is 476 Å². The first kappa shape index (κ1) is 81.8. The Morgan fingerprint density at radius 1 is 0.135 bits per heavy atom. The predicted octanol–water partition coefficient (Wildman–Crippen LogP) is 34.5. The second kappa shape index (κ2) is 34.3. The number of hydrogen-bond acceptors (Lipinski definition) is 12. The van der Waals surface area contributed by atoms with E-state index in [0.29, 0.717) is 52.4 Å². The molecule has 0 aliphatic heterocycles. The molecule has 0 unspecified atom stereocenters. The molecule has 6 heterocycles. The molecule has 0 spiro atoms. The molecule has 0 atom stereocenters. The zero-order chi connectivity index (χ0) is 93.0. The van der Waals surface area contributed by atoms with Crippen molar-refractivity contribution >= 4 is 172 Å². The van der Waals surface area contributed by atoms with Crippen LogP contribution in [-0.4, -0.2) is 44.9 Å². The molecule has 0 aliphatic rings. The van der Waals surface area contributed by atoms with Gasteiger partial charge in [0, 0.05) is 80.7 Å². The van der Waals surface area contributed by atoms with Crippen LogP contribution < -0.4 is 0 Å². The van der Waals surface area contributed by atoms with Crippen molar-refractivity contribution in [3.05, 3.63) is 467 Å². The fraction of sp³-hybridized carbons (Fsp3) is 0. The molecule has 0 saturated carbocycles. The highest BCUT2D eigenvalue weighted by Crippen LogP contribution is 2.47. The van der Waals surface area contributed by atoms with Crippen molar-refractivity contribution in [2.24, 2.45) is 0 Å². The van der Waals surface area contributed by atoms with Gasteiger partial charge in [-0.25, -0.2) is 44.9 Å². The molecule has 656 valence electrons. The van der Waals surface area contributed by atoms with Gasteiger partial charge in [0.25, 0.3) is 0 Å². The molecule has 29 aromatic rings. The van der Waals surface area contributed by atoms with Gasteiger partial charge in [0.1, 0.15) is 22.3 Å². The zero-order valence-electron chi connectivity index (χ0n) is 75.7. The molecule has 0 bridgehead atoms. The Bertz CT molecular complexity index is 9580. The molecule has 23 aromatic carbocycles. The normalized spacial score (nSPS) is 11.7. The maximum atomic E-state index is 6.44. The van der Waals surface area contributed by atoms with Crippen LogP contribution in [0.25, 0.3) is 286 Å². The largest absolute Gasteiger partial charge is 0.455 e. The van der Waals surface area contributed by atoms with E-state index in [4.69, 9.17) is 53.7 Å². The second-order valence-corrected chi connectivity index (χ2v) is 36.6. The van der Waals surface area contributed by atoms with Gasteiger partial charge in [0.15, 0.2) is 52.4 Å². The van der Waals surface area contributed by atoms with Crippen LogP contribution in [-0.2, 0) is 0 Å². The van der Waals surface area contributed by atoms with E-state index in [-0.39, 0.29) is 0 Å². The number of nitrogens with zero attached hydrogens (tertiary/aromatic N) is 9. The minimum absolute atomic E-state index is 0.570. The number of fused-ring (bicyclic) bond motifs is 27. The van der Waals surface area contributed by atoms with Crippen molar-refractivity contribution in [1.82, 2.24) is 44.9 Å². The molecule has 29 rings (SSSR count). The van der Waals surface area contributed by atoms with Gasteiger partial charge in [0.2, 0.25) is 0 Å². The number of benzene rings is 23. The summed E-state index contributed by atoms with van der Waals surface area (Å²) < 4.78 is 15.3. The minimum Gasteiger partial charge on any atom is -0.455 e. The summed E-state index contributed by atoms with van der Waals surface area (Å²) in [6.07, 6.45) is 0. The van der Waals surface area contributed by atoms with Gasteiger partial charge >= 0.3 is 0 Å². The number of furan rings is 2. The number of thiophene rings is 1. The summed E-state index contributed by atoms with van der Waals surface area (Å²) in [5.74, 6) is 5.60. The molecular formula is C129H77N9O2S. The van der Waals surface area contributed by atoms with Crippen LogP contribution in [0.2, 0.25) is 0 Å². The van der Waals surface area contributed by atoms with Crippen LogP contribution in [0.5, 0.6) is 0 Å². The Morgan fingerprint density at radius 2 is 0.355 bits per heavy atom. The number of para-hydroxylation sites is 4. The lowest BCUT2D eigenvalue weighted by Crippen LogP contribution is -2.00. The molecule has 0 fully saturated rings. The van der Waals surface area contributed by atoms with Crippen molar-refractivity contribution in [2.45, 2.75) is 0 Å². The first-order chi connectivity index (χ1) is 69.9. The monoisotopic (exact) mass is 1820 g/mol. The topological polar surface area (TPSA) is 142 Å². The molecule has 141 heavy (non-hydrogen) atoms. The van der Waals surface area contributed by atoms with Crippen LogP contribution in [0.1, 0.15) is 0 Å². The van der Waals surface area contributed by atoms with Crippen LogP contribution >= 0.6 is 11.3 Å². The van der Waals surface area contributed by atoms with E-state index in [9.17, 15) is 0 Å². The van der Waals surface area contributed by atoms with E-state index in [1.807, 2.05) is 103 Å². The quantitative estimate of drug-likeness (QED) is 0.114. The summed E-state index contributed by atoms with van der Waals surface area (Å²) in [5.41, 5.74) is 16.2. The van der Waals surface area contributed by atoms with Crippen molar-refractivity contribution in [2.75, 3.05) is 0 Å². The summed E-state index contributed by atoms with van der Waals surface area (Å²) in [4.78, 5) is 46.0. The summed E-state index contributed by atoms with van der Waals surface area (Å²) in [6, 6.07) is 163. The zero-order valence-corrected chi connectivity index (χ0v) is 76.5. The Morgan fingerprint density at radius 3 is 0.702 bits per heavy atom. The van der Waals surface area contributed by atoms with E-state index >= 15 is 0 Å². The van der Waals surface area contributed by atoms with Gasteiger partial charge in [-0.3, -0.25) is 0 Å². The standard InChI is InChI=1S/C45H27N3O.C45H27N3S.C39H23N3O/c2*1-2-11-28(12-3-1)29-21-23-30(24-22-29)43-46-44(48-45(47-43)39-19-10-18-38-37-17-8-9-20-41(37)49-42(38)39)31-25-26-36-34-15-5-4-13-32(34)33-14-6-7-16-35(33)40(36)27-31;1-2-11-24(12-3-1)37-40-38(42-39(41-37)33-19-10-18-32-31-17-8-9-20-35(31)43-36(32)33)25-21-22-30-28-15-5-4-13-26(28)27-14-6-7-16-29(27)34(30)23-25/h2*1-27H;1-23H. The van der Waals surface area contributed by atoms with E-state index < -0.39 is 0 Å². The highest BCUT2D eigenvalue weighted by molar-refractivity contribution is 7.26. The summed E-state index contributed by atoms with van der Waals surface area (Å²) in [6.45, 7) is 0. The molecule has 0 amide bonds. The third-order valence-electron chi connectivity index (χ3n) is 27.4. The lowest BCUT2D eigenvalue weighted by molar-refractivity contribution is 0.669. The van der Waals surface area contributed by atoms with Gasteiger partial charge in [-0.05, 0) is 174 Å². The molecule has 11 nitrogen and oxygen atoms in total. The molecule has 0 radical (unpaired) electrons. The average molecular weight is 1820 g/mol. The van der Waals surface area contributed by atoms with Gasteiger partial charge in [-0.2, -0.15) is 0 Å². The lowest BCUT2D eigenvalue weighted by atomic mass is 9.93. The van der Waals surface area contributed by atoms with Crippen LogP contribution in [0.4, 0.5) is 0 Å². The first-order valence-corrected chi connectivity index (χ1v) is 48.1. The minimum atomic E-state index is 0.570. The number of hydrogen-bond donors (Lipinski definition) is 0. The van der Waals surface area contributed by atoms with E-state index in [0.717, 1.165) is 105 Å². The summed E-state index contributed by atoms with van der Waals surface area (Å²) >= 11 is 1.79. The summed E-state index contributed by atoms with van der Waals surface area (Å²) in [7, 11) is 0. The molecule has 0 N–H and O–H groups in total. The Balaban J connectivity index is 0.000000106. The van der Waals surface area contributed by atoms with E-state index in [2.05, 4.69) is 364 Å². The number of aromatic nitrogens is 9. The van der Waals surface area contributed by atoms with Gasteiger partial charge in [-0.15, -0.1) is 11.3 Å². The maximum Gasteiger partial charge on any atom is 0.167 e.